The lowest BCUT2D eigenvalue weighted by atomic mass is 9.71. The van der Waals surface area contributed by atoms with E-state index in [4.69, 9.17) is 6.42 Å². The highest BCUT2D eigenvalue weighted by atomic mass is 14.4. The summed E-state index contributed by atoms with van der Waals surface area (Å²) in [5.41, 5.74) is 1.62. The molecule has 0 aromatic rings. The lowest BCUT2D eigenvalue weighted by Crippen LogP contribution is -2.21. The Bertz CT molecular complexity index is 265. The molecule has 62 valence electrons. The molecule has 0 aromatic carbocycles. The van der Waals surface area contributed by atoms with Crippen molar-refractivity contribution in [3.05, 3.63) is 23.8 Å². The summed E-state index contributed by atoms with van der Waals surface area (Å²) in [4.78, 5) is 0. The smallest absolute Gasteiger partial charge is 0.00982 e. The lowest BCUT2D eigenvalue weighted by molar-refractivity contribution is 0.336. The van der Waals surface area contributed by atoms with Gasteiger partial charge in [-0.2, -0.15) is 0 Å². The van der Waals surface area contributed by atoms with Crippen molar-refractivity contribution in [1.29, 1.82) is 0 Å². The second-order valence-electron chi connectivity index (χ2n) is 3.81. The van der Waals surface area contributed by atoms with Gasteiger partial charge in [0.1, 0.15) is 0 Å². The van der Waals surface area contributed by atoms with Gasteiger partial charge < -0.3 is 0 Å². The van der Waals surface area contributed by atoms with Crippen LogP contribution in [0.3, 0.4) is 0 Å². The van der Waals surface area contributed by atoms with Crippen LogP contribution >= 0.6 is 0 Å². The molecule has 0 amide bonds. The van der Waals surface area contributed by atoms with E-state index in [1.165, 1.54) is 37.7 Å². The Morgan fingerprint density at radius 3 is 2.75 bits per heavy atom. The number of hydrogen-bond donors (Lipinski definition) is 0. The molecule has 0 heteroatoms. The zero-order valence-electron chi connectivity index (χ0n) is 7.34. The van der Waals surface area contributed by atoms with Crippen LogP contribution in [0.25, 0.3) is 0 Å². The summed E-state index contributed by atoms with van der Waals surface area (Å²) < 4.78 is 0. The first kappa shape index (κ1) is 7.68. The lowest BCUT2D eigenvalue weighted by Gasteiger charge is -2.32. The van der Waals surface area contributed by atoms with E-state index < -0.39 is 0 Å². The zero-order valence-corrected chi connectivity index (χ0v) is 7.34. The molecule has 0 fully saturated rings. The molecule has 0 heterocycles. The third kappa shape index (κ3) is 1.01. The maximum Gasteiger partial charge on any atom is 0.00982 e. The third-order valence-corrected chi connectivity index (χ3v) is 3.12. The summed E-state index contributed by atoms with van der Waals surface area (Å²) in [6.45, 7) is 0. The summed E-state index contributed by atoms with van der Waals surface area (Å²) in [6, 6.07) is 0. The molecule has 0 aromatic heterocycles. The molecular weight excluding hydrogens is 144 g/mol. The number of rotatable bonds is 0. The standard InChI is InChI=1S/C12H14/c1-2-11-7-3-4-8-12(11)9-5-6-10-12/h1,5-7H,3-4,8-10H2. The second kappa shape index (κ2) is 2.83. The van der Waals surface area contributed by atoms with Gasteiger partial charge in [0.25, 0.3) is 0 Å². The highest BCUT2D eigenvalue weighted by molar-refractivity contribution is 5.37. The van der Waals surface area contributed by atoms with Crippen molar-refractivity contribution in [1.82, 2.24) is 0 Å². The summed E-state index contributed by atoms with van der Waals surface area (Å²) in [7, 11) is 0. The third-order valence-electron chi connectivity index (χ3n) is 3.12. The minimum atomic E-state index is 0.354. The molecule has 0 unspecified atom stereocenters. The fraction of sp³-hybridized carbons (Fsp3) is 0.500. The monoisotopic (exact) mass is 158 g/mol. The molecule has 0 atom stereocenters. The molecule has 2 aliphatic rings. The van der Waals surface area contributed by atoms with E-state index >= 15 is 0 Å². The van der Waals surface area contributed by atoms with Crippen LogP contribution in [0.5, 0.6) is 0 Å². The topological polar surface area (TPSA) is 0 Å². The van der Waals surface area contributed by atoms with Gasteiger partial charge in [0.05, 0.1) is 0 Å². The molecule has 0 saturated carbocycles. The molecule has 0 bridgehead atoms. The molecule has 2 aliphatic carbocycles. The van der Waals surface area contributed by atoms with E-state index in [1.54, 1.807) is 0 Å². The average Bonchev–Trinajstić information content (AvgIpc) is 2.55. The maximum atomic E-state index is 5.51. The fourth-order valence-electron chi connectivity index (χ4n) is 2.38. The predicted molar refractivity (Wildman–Crippen MR) is 51.6 cm³/mol. The number of terminal acetylenes is 1. The van der Waals surface area contributed by atoms with Crippen molar-refractivity contribution in [3.63, 3.8) is 0 Å². The van der Waals surface area contributed by atoms with Gasteiger partial charge in [-0.15, -0.1) is 6.42 Å². The summed E-state index contributed by atoms with van der Waals surface area (Å²) >= 11 is 0. The van der Waals surface area contributed by atoms with Gasteiger partial charge in [-0.3, -0.25) is 0 Å². The summed E-state index contributed by atoms with van der Waals surface area (Å²) in [6.07, 6.45) is 18.4. The molecule has 0 radical (unpaired) electrons. The first-order chi connectivity index (χ1) is 5.87. The molecule has 0 saturated heterocycles. The van der Waals surface area contributed by atoms with Gasteiger partial charge in [0.2, 0.25) is 0 Å². The van der Waals surface area contributed by atoms with E-state index in [1.807, 2.05) is 0 Å². The van der Waals surface area contributed by atoms with Gasteiger partial charge in [-0.1, -0.05) is 24.1 Å². The van der Waals surface area contributed by atoms with Crippen LogP contribution in [0.4, 0.5) is 0 Å². The van der Waals surface area contributed by atoms with E-state index in [-0.39, 0.29) is 0 Å². The summed E-state index contributed by atoms with van der Waals surface area (Å²) in [5.74, 6) is 2.86. The van der Waals surface area contributed by atoms with Gasteiger partial charge in [0.15, 0.2) is 0 Å². The molecule has 1 spiro atoms. The van der Waals surface area contributed by atoms with Crippen LogP contribution < -0.4 is 0 Å². The largest absolute Gasteiger partial charge is 0.115 e. The Balaban J connectivity index is 2.29. The molecule has 2 rings (SSSR count). The van der Waals surface area contributed by atoms with Crippen LogP contribution in [0, 0.1) is 17.8 Å². The summed E-state index contributed by atoms with van der Waals surface area (Å²) in [5, 5.41) is 0. The minimum absolute atomic E-state index is 0.354. The number of hydrogen-bond acceptors (Lipinski definition) is 0. The van der Waals surface area contributed by atoms with Gasteiger partial charge in [-0.05, 0) is 32.1 Å². The van der Waals surface area contributed by atoms with E-state index in [0.717, 1.165) is 0 Å². The highest BCUT2D eigenvalue weighted by Crippen LogP contribution is 2.46. The van der Waals surface area contributed by atoms with Gasteiger partial charge in [0, 0.05) is 11.0 Å². The Morgan fingerprint density at radius 1 is 1.33 bits per heavy atom. The first-order valence-corrected chi connectivity index (χ1v) is 4.70. The van der Waals surface area contributed by atoms with Gasteiger partial charge >= 0.3 is 0 Å². The molecule has 0 N–H and O–H groups in total. The predicted octanol–water partition coefficient (Wildman–Crippen LogP) is 3.07. The van der Waals surface area contributed by atoms with Crippen molar-refractivity contribution in [3.8, 4) is 12.3 Å². The fourth-order valence-corrected chi connectivity index (χ4v) is 2.38. The molecular formula is C12H14. The van der Waals surface area contributed by atoms with Crippen molar-refractivity contribution in [2.45, 2.75) is 32.1 Å². The van der Waals surface area contributed by atoms with Crippen molar-refractivity contribution in [2.75, 3.05) is 0 Å². The Labute approximate surface area is 74.4 Å². The van der Waals surface area contributed by atoms with Crippen molar-refractivity contribution in [2.24, 2.45) is 5.41 Å². The molecule has 0 aliphatic heterocycles. The Hall–Kier alpha value is -0.960. The molecule has 0 nitrogen and oxygen atoms in total. The van der Waals surface area contributed by atoms with Crippen LogP contribution in [-0.2, 0) is 0 Å². The highest BCUT2D eigenvalue weighted by Gasteiger charge is 2.35. The van der Waals surface area contributed by atoms with E-state index in [9.17, 15) is 0 Å². The first-order valence-electron chi connectivity index (χ1n) is 4.70. The molecule has 12 heavy (non-hydrogen) atoms. The Kier molecular flexibility index (Phi) is 1.81. The quantitative estimate of drug-likeness (QED) is 0.375. The van der Waals surface area contributed by atoms with Crippen molar-refractivity contribution >= 4 is 0 Å². The SMILES string of the molecule is C#CC1=CCCCC12CC=CC2. The van der Waals surface area contributed by atoms with Crippen LogP contribution in [-0.4, -0.2) is 0 Å². The second-order valence-corrected chi connectivity index (χ2v) is 3.81. The van der Waals surface area contributed by atoms with E-state index in [0.29, 0.717) is 5.41 Å². The normalized spacial score (nSPS) is 25.4. The maximum absolute atomic E-state index is 5.51. The average molecular weight is 158 g/mol. The minimum Gasteiger partial charge on any atom is -0.115 e. The zero-order chi connectivity index (χ0) is 8.44. The Morgan fingerprint density at radius 2 is 2.08 bits per heavy atom. The van der Waals surface area contributed by atoms with Crippen LogP contribution in [0.2, 0.25) is 0 Å². The van der Waals surface area contributed by atoms with Crippen LogP contribution in [0.1, 0.15) is 32.1 Å². The van der Waals surface area contributed by atoms with Crippen molar-refractivity contribution < 1.29 is 0 Å². The van der Waals surface area contributed by atoms with Gasteiger partial charge in [-0.25, -0.2) is 0 Å². The van der Waals surface area contributed by atoms with Crippen LogP contribution in [0.15, 0.2) is 23.8 Å². The number of allylic oxidation sites excluding steroid dienone is 4. The van der Waals surface area contributed by atoms with E-state index in [2.05, 4.69) is 24.1 Å².